The normalized spacial score (nSPS) is 11.9. The van der Waals surface area contributed by atoms with Gasteiger partial charge in [-0.05, 0) is 113 Å². The molecule has 0 aliphatic carbocycles. The fourth-order valence-electron chi connectivity index (χ4n) is 5.68. The van der Waals surface area contributed by atoms with Gasteiger partial charge in [0.15, 0.2) is 0 Å². The first kappa shape index (κ1) is 31.8. The highest BCUT2D eigenvalue weighted by Gasteiger charge is 2.14. The molecular formula is C44H42N2. The van der Waals surface area contributed by atoms with Crippen LogP contribution in [0.1, 0.15) is 17.5 Å². The van der Waals surface area contributed by atoms with E-state index < -0.39 is 0 Å². The van der Waals surface area contributed by atoms with E-state index in [9.17, 15) is 0 Å². The van der Waals surface area contributed by atoms with Crippen LogP contribution >= 0.6 is 0 Å². The molecule has 0 saturated heterocycles. The molecule has 0 aromatic heterocycles. The lowest BCUT2D eigenvalue weighted by Crippen LogP contribution is -2.15. The molecule has 0 radical (unpaired) electrons. The highest BCUT2D eigenvalue weighted by Crippen LogP contribution is 2.35. The van der Waals surface area contributed by atoms with Crippen molar-refractivity contribution >= 4 is 33.5 Å². The Hall–Kier alpha value is -5.60. The van der Waals surface area contributed by atoms with Gasteiger partial charge in [0.25, 0.3) is 0 Å². The van der Waals surface area contributed by atoms with Crippen molar-refractivity contribution < 1.29 is 0 Å². The van der Waals surface area contributed by atoms with Gasteiger partial charge in [-0.3, -0.25) is 0 Å². The molecule has 228 valence electrons. The Kier molecular flexibility index (Phi) is 10.3. The predicted molar refractivity (Wildman–Crippen MR) is 202 cm³/mol. The second-order valence-electron chi connectivity index (χ2n) is 11.4. The van der Waals surface area contributed by atoms with Crippen molar-refractivity contribution in [2.75, 3.05) is 16.8 Å². The molecular weight excluding hydrogens is 556 g/mol. The molecule has 0 atom stereocenters. The van der Waals surface area contributed by atoms with Gasteiger partial charge in [-0.25, -0.2) is 0 Å². The fraction of sp³-hybridized carbons (Fsp3) is 0.0909. The van der Waals surface area contributed by atoms with Gasteiger partial charge in [-0.15, -0.1) is 0 Å². The summed E-state index contributed by atoms with van der Waals surface area (Å²) in [5.41, 5.74) is 11.5. The van der Waals surface area contributed by atoms with Gasteiger partial charge in [-0.1, -0.05) is 117 Å². The van der Waals surface area contributed by atoms with Crippen molar-refractivity contribution in [1.82, 2.24) is 0 Å². The van der Waals surface area contributed by atoms with E-state index in [1.54, 1.807) is 6.08 Å². The minimum absolute atomic E-state index is 0.753. The highest BCUT2D eigenvalue weighted by atomic mass is 15.1. The van der Waals surface area contributed by atoms with Crippen LogP contribution in [0.2, 0.25) is 0 Å². The van der Waals surface area contributed by atoms with E-state index >= 15 is 0 Å². The largest absolute Gasteiger partial charge is 0.344 e. The number of allylic oxidation sites excluding steroid dienone is 8. The minimum atomic E-state index is 0.753. The van der Waals surface area contributed by atoms with Gasteiger partial charge < -0.3 is 9.80 Å². The van der Waals surface area contributed by atoms with Gasteiger partial charge in [0, 0.05) is 35.5 Å². The molecule has 0 fully saturated rings. The SMILES string of the molecule is C=C/C=C(\C=C)C/C=C\C(=C/C=C)N(c1ccc(-c2ccc(N(C)c3cc(C)ccc3C)cc2)cc1)c1ccc2ccccc2c1. The number of aryl methyl sites for hydroxylation is 2. The first-order valence-electron chi connectivity index (χ1n) is 15.7. The second-order valence-corrected chi connectivity index (χ2v) is 11.4. The Morgan fingerprint density at radius 3 is 1.93 bits per heavy atom. The molecule has 0 bridgehead atoms. The lowest BCUT2D eigenvalue weighted by atomic mass is 10.0. The molecule has 5 aromatic carbocycles. The lowest BCUT2D eigenvalue weighted by molar-refractivity contribution is 1.18. The second kappa shape index (κ2) is 14.9. The maximum absolute atomic E-state index is 4.03. The molecule has 5 aromatic rings. The number of hydrogen-bond donors (Lipinski definition) is 0. The van der Waals surface area contributed by atoms with Gasteiger partial charge in [0.05, 0.1) is 0 Å². The van der Waals surface area contributed by atoms with Crippen LogP contribution in [0.15, 0.2) is 183 Å². The Morgan fingerprint density at radius 1 is 0.652 bits per heavy atom. The van der Waals surface area contributed by atoms with Crippen LogP contribution in [-0.4, -0.2) is 7.05 Å². The number of anilines is 4. The zero-order valence-electron chi connectivity index (χ0n) is 27.2. The van der Waals surface area contributed by atoms with E-state index in [4.69, 9.17) is 0 Å². The molecule has 2 heteroatoms. The van der Waals surface area contributed by atoms with E-state index in [0.29, 0.717) is 0 Å². The Bertz CT molecular complexity index is 1940. The molecule has 0 spiro atoms. The van der Waals surface area contributed by atoms with Crippen LogP contribution in [0.25, 0.3) is 21.9 Å². The average molecular weight is 599 g/mol. The maximum atomic E-state index is 4.03. The molecule has 0 aliphatic rings. The van der Waals surface area contributed by atoms with E-state index in [2.05, 4.69) is 178 Å². The third kappa shape index (κ3) is 7.36. The van der Waals surface area contributed by atoms with E-state index in [0.717, 1.165) is 40.3 Å². The standard InChI is InChI=1S/C44H42N2/c1-7-13-35(9-3)15-12-18-41(14-8-2)46(43-30-25-36-16-10-11-17-39(36)32-43)42-28-23-38(24-29-42)37-21-26-40(27-22-37)45(6)44-31-33(4)19-20-34(44)5/h7-14,16-32H,1-3,15H2,4-6H3/b18-12-,35-13+,41-14+. The minimum Gasteiger partial charge on any atom is -0.344 e. The summed E-state index contributed by atoms with van der Waals surface area (Å²) < 4.78 is 0. The number of rotatable bonds is 12. The van der Waals surface area contributed by atoms with E-state index in [-0.39, 0.29) is 0 Å². The number of benzene rings is 5. The summed E-state index contributed by atoms with van der Waals surface area (Å²) in [5.74, 6) is 0. The Labute approximate surface area is 275 Å². The smallest absolute Gasteiger partial charge is 0.0468 e. The van der Waals surface area contributed by atoms with E-state index in [1.807, 2.05) is 18.2 Å². The first-order chi connectivity index (χ1) is 22.4. The topological polar surface area (TPSA) is 6.48 Å². The van der Waals surface area contributed by atoms with Gasteiger partial charge in [0.1, 0.15) is 0 Å². The number of nitrogens with zero attached hydrogens (tertiary/aromatic N) is 2. The Balaban J connectivity index is 1.48. The molecule has 0 heterocycles. The molecule has 2 nitrogen and oxygen atoms in total. The van der Waals surface area contributed by atoms with Crippen LogP contribution in [0.3, 0.4) is 0 Å². The summed E-state index contributed by atoms with van der Waals surface area (Å²) in [6, 6.07) is 39.2. The summed E-state index contributed by atoms with van der Waals surface area (Å²) in [6.07, 6.45) is 14.6. The summed E-state index contributed by atoms with van der Waals surface area (Å²) in [5, 5.41) is 2.40. The van der Waals surface area contributed by atoms with Crippen molar-refractivity contribution in [1.29, 1.82) is 0 Å². The van der Waals surface area contributed by atoms with Crippen LogP contribution in [0, 0.1) is 13.8 Å². The quantitative estimate of drug-likeness (QED) is 0.132. The average Bonchev–Trinajstić information content (AvgIpc) is 3.09. The summed E-state index contributed by atoms with van der Waals surface area (Å²) in [7, 11) is 2.13. The van der Waals surface area contributed by atoms with Crippen molar-refractivity contribution in [3.05, 3.63) is 194 Å². The third-order valence-corrected chi connectivity index (χ3v) is 8.21. The maximum Gasteiger partial charge on any atom is 0.0468 e. The van der Waals surface area contributed by atoms with E-state index in [1.165, 1.54) is 33.2 Å². The Morgan fingerprint density at radius 2 is 1.28 bits per heavy atom. The third-order valence-electron chi connectivity index (χ3n) is 8.21. The van der Waals surface area contributed by atoms with Gasteiger partial charge in [-0.2, -0.15) is 0 Å². The molecule has 0 aliphatic heterocycles. The monoisotopic (exact) mass is 598 g/mol. The number of fused-ring (bicyclic) bond motifs is 1. The molecule has 0 amide bonds. The van der Waals surface area contributed by atoms with Crippen LogP contribution in [0.4, 0.5) is 22.7 Å². The number of hydrogen-bond acceptors (Lipinski definition) is 2. The van der Waals surface area contributed by atoms with Crippen molar-refractivity contribution in [2.24, 2.45) is 0 Å². The molecule has 5 rings (SSSR count). The zero-order valence-corrected chi connectivity index (χ0v) is 27.2. The van der Waals surface area contributed by atoms with Crippen molar-refractivity contribution in [3.8, 4) is 11.1 Å². The summed E-state index contributed by atoms with van der Waals surface area (Å²) in [4.78, 5) is 4.53. The molecule has 0 N–H and O–H groups in total. The van der Waals surface area contributed by atoms with Crippen LogP contribution in [0.5, 0.6) is 0 Å². The van der Waals surface area contributed by atoms with Crippen molar-refractivity contribution in [3.63, 3.8) is 0 Å². The molecule has 0 unspecified atom stereocenters. The van der Waals surface area contributed by atoms with Gasteiger partial charge >= 0.3 is 0 Å². The predicted octanol–water partition coefficient (Wildman–Crippen LogP) is 12.3. The first-order valence-corrected chi connectivity index (χ1v) is 15.7. The lowest BCUT2D eigenvalue weighted by Gasteiger charge is -2.27. The van der Waals surface area contributed by atoms with Crippen LogP contribution < -0.4 is 9.80 Å². The highest BCUT2D eigenvalue weighted by molar-refractivity contribution is 5.88. The van der Waals surface area contributed by atoms with Crippen LogP contribution in [-0.2, 0) is 0 Å². The fourth-order valence-corrected chi connectivity index (χ4v) is 5.68. The van der Waals surface area contributed by atoms with Gasteiger partial charge in [0.2, 0.25) is 0 Å². The van der Waals surface area contributed by atoms with Crippen molar-refractivity contribution in [2.45, 2.75) is 20.3 Å². The zero-order chi connectivity index (χ0) is 32.5. The summed E-state index contributed by atoms with van der Waals surface area (Å²) in [6.45, 7) is 16.1. The summed E-state index contributed by atoms with van der Waals surface area (Å²) >= 11 is 0. The molecule has 0 saturated carbocycles. The molecule has 46 heavy (non-hydrogen) atoms.